The fraction of sp³-hybridized carbons (Fsp3) is 0.500. The maximum atomic E-state index is 10.3. The molecule has 3 N–H and O–H groups in total. The lowest BCUT2D eigenvalue weighted by Crippen LogP contribution is -2.06. The molecule has 0 aliphatic rings. The van der Waals surface area contributed by atoms with Crippen LogP contribution >= 0.6 is 0 Å². The van der Waals surface area contributed by atoms with Gasteiger partial charge in [0.2, 0.25) is 5.75 Å². The smallest absolute Gasteiger partial charge is 0.385 e. The molecule has 0 saturated carbocycles. The highest BCUT2D eigenvalue weighted by molar-refractivity contribution is 5.36. The molecule has 0 amide bonds. The molecule has 0 spiro atoms. The van der Waals surface area contributed by atoms with Crippen LogP contribution in [0.15, 0.2) is 6.20 Å². The number of aromatic amines is 1. The van der Waals surface area contributed by atoms with Crippen LogP contribution in [0.2, 0.25) is 0 Å². The summed E-state index contributed by atoms with van der Waals surface area (Å²) in [6.45, 7) is 0.850. The van der Waals surface area contributed by atoms with Crippen LogP contribution in [-0.4, -0.2) is 28.3 Å². The number of nitro groups is 1. The van der Waals surface area contributed by atoms with Crippen molar-refractivity contribution >= 4 is 5.82 Å². The molecule has 0 fully saturated rings. The van der Waals surface area contributed by atoms with Crippen LogP contribution in [0.3, 0.4) is 0 Å². The Balaban J connectivity index is 2.55. The number of H-pyrrole nitrogens is 1. The lowest BCUT2D eigenvalue weighted by Gasteiger charge is -2.00. The topological polar surface area (TPSA) is 107 Å². The number of nitrogens with two attached hydrogens (primary N) is 1. The average molecular weight is 186 g/mol. The van der Waals surface area contributed by atoms with E-state index in [1.165, 1.54) is 6.20 Å². The highest BCUT2D eigenvalue weighted by atomic mass is 16.6. The Morgan fingerprint density at radius 2 is 2.54 bits per heavy atom. The number of rotatable bonds is 5. The Kier molecular flexibility index (Phi) is 3.21. The van der Waals surface area contributed by atoms with E-state index in [0.29, 0.717) is 19.6 Å². The molecular weight excluding hydrogens is 176 g/mol. The molecule has 0 saturated heterocycles. The normalized spacial score (nSPS) is 9.92. The predicted octanol–water partition coefficient (Wildman–Crippen LogP) is 0.0455. The van der Waals surface area contributed by atoms with Gasteiger partial charge in [-0.05, 0) is 17.9 Å². The second-order valence-electron chi connectivity index (χ2n) is 2.33. The Morgan fingerprint density at radius 1 is 1.77 bits per heavy atom. The van der Waals surface area contributed by atoms with E-state index < -0.39 is 4.92 Å². The van der Waals surface area contributed by atoms with Gasteiger partial charge < -0.3 is 20.6 Å². The summed E-state index contributed by atoms with van der Waals surface area (Å²) in [4.78, 5) is 9.77. The molecule has 13 heavy (non-hydrogen) atoms. The van der Waals surface area contributed by atoms with E-state index >= 15 is 0 Å². The minimum absolute atomic E-state index is 0.151. The number of nitrogens with one attached hydrogen (secondary N) is 1. The number of hydrogen-bond donors (Lipinski definition) is 2. The van der Waals surface area contributed by atoms with Gasteiger partial charge in [0.05, 0.1) is 6.61 Å². The second kappa shape index (κ2) is 4.41. The molecule has 7 nitrogen and oxygen atoms in total. The molecule has 0 radical (unpaired) electrons. The van der Waals surface area contributed by atoms with Crippen molar-refractivity contribution in [3.63, 3.8) is 0 Å². The Morgan fingerprint density at radius 3 is 3.15 bits per heavy atom. The summed E-state index contributed by atoms with van der Waals surface area (Å²) in [5.74, 6) is -0.0736. The summed E-state index contributed by atoms with van der Waals surface area (Å²) in [7, 11) is 0. The van der Waals surface area contributed by atoms with Gasteiger partial charge in [0.15, 0.2) is 0 Å². The number of nitrogens with zero attached hydrogens (tertiary/aromatic N) is 2. The first kappa shape index (κ1) is 9.46. The van der Waals surface area contributed by atoms with E-state index in [0.717, 1.165) is 0 Å². The van der Waals surface area contributed by atoms with Gasteiger partial charge in [-0.25, -0.2) is 0 Å². The monoisotopic (exact) mass is 186 g/mol. The molecule has 1 aromatic heterocycles. The van der Waals surface area contributed by atoms with Gasteiger partial charge >= 0.3 is 5.82 Å². The molecule has 0 aliphatic heterocycles. The quantitative estimate of drug-likeness (QED) is 0.383. The molecule has 1 heterocycles. The zero-order valence-corrected chi connectivity index (χ0v) is 6.90. The van der Waals surface area contributed by atoms with Gasteiger partial charge in [-0.15, -0.1) is 5.10 Å². The van der Waals surface area contributed by atoms with Gasteiger partial charge in [0, 0.05) is 0 Å². The lowest BCUT2D eigenvalue weighted by molar-refractivity contribution is -0.390. The fourth-order valence-electron chi connectivity index (χ4n) is 0.770. The van der Waals surface area contributed by atoms with Gasteiger partial charge in [-0.2, -0.15) is 0 Å². The summed E-state index contributed by atoms with van der Waals surface area (Å²) in [5, 5.41) is 16.1. The van der Waals surface area contributed by atoms with E-state index in [4.69, 9.17) is 10.5 Å². The third kappa shape index (κ3) is 2.41. The zero-order chi connectivity index (χ0) is 9.68. The molecule has 72 valence electrons. The Hall–Kier alpha value is -1.63. The van der Waals surface area contributed by atoms with Crippen molar-refractivity contribution < 1.29 is 9.66 Å². The maximum absolute atomic E-state index is 10.3. The summed E-state index contributed by atoms with van der Waals surface area (Å²) >= 11 is 0. The van der Waals surface area contributed by atoms with Crippen LogP contribution in [0.5, 0.6) is 5.75 Å². The summed E-state index contributed by atoms with van der Waals surface area (Å²) in [5.41, 5.74) is 5.23. The SMILES string of the molecule is NCCCOc1cn[nH]c1[N+](=O)[O-]. The first-order valence-electron chi connectivity index (χ1n) is 3.76. The summed E-state index contributed by atoms with van der Waals surface area (Å²) in [6.07, 6.45) is 1.93. The van der Waals surface area contributed by atoms with Crippen molar-refractivity contribution in [1.29, 1.82) is 0 Å². The first-order chi connectivity index (χ1) is 6.25. The van der Waals surface area contributed by atoms with Crippen LogP contribution in [0, 0.1) is 10.1 Å². The van der Waals surface area contributed by atoms with Crippen LogP contribution < -0.4 is 10.5 Å². The van der Waals surface area contributed by atoms with Crippen molar-refractivity contribution in [2.75, 3.05) is 13.2 Å². The van der Waals surface area contributed by atoms with E-state index in [9.17, 15) is 10.1 Å². The molecule has 0 unspecified atom stereocenters. The maximum Gasteiger partial charge on any atom is 0.385 e. The molecule has 0 aliphatic carbocycles. The minimum atomic E-state index is -0.579. The summed E-state index contributed by atoms with van der Waals surface area (Å²) in [6, 6.07) is 0. The third-order valence-electron chi connectivity index (χ3n) is 1.37. The van der Waals surface area contributed by atoms with E-state index in [-0.39, 0.29) is 11.6 Å². The van der Waals surface area contributed by atoms with E-state index in [1.807, 2.05) is 0 Å². The number of hydrogen-bond acceptors (Lipinski definition) is 5. The van der Waals surface area contributed by atoms with Crippen molar-refractivity contribution in [3.05, 3.63) is 16.3 Å². The largest absolute Gasteiger partial charge is 0.485 e. The molecule has 0 aromatic carbocycles. The van der Waals surface area contributed by atoms with Crippen molar-refractivity contribution in [2.45, 2.75) is 6.42 Å². The average Bonchev–Trinajstić information content (AvgIpc) is 2.53. The molecule has 0 bridgehead atoms. The van der Waals surface area contributed by atoms with Crippen LogP contribution in [-0.2, 0) is 0 Å². The van der Waals surface area contributed by atoms with Gasteiger partial charge in [0.1, 0.15) is 6.20 Å². The highest BCUT2D eigenvalue weighted by Crippen LogP contribution is 2.22. The summed E-state index contributed by atoms with van der Waals surface area (Å²) < 4.78 is 5.06. The van der Waals surface area contributed by atoms with E-state index in [1.54, 1.807) is 0 Å². The molecule has 1 rings (SSSR count). The molecule has 7 heteroatoms. The predicted molar refractivity (Wildman–Crippen MR) is 44.4 cm³/mol. The third-order valence-corrected chi connectivity index (χ3v) is 1.37. The minimum Gasteiger partial charge on any atom is -0.485 e. The van der Waals surface area contributed by atoms with Crippen LogP contribution in [0.4, 0.5) is 5.82 Å². The number of ether oxygens (including phenoxy) is 1. The van der Waals surface area contributed by atoms with Gasteiger partial charge in [0.25, 0.3) is 0 Å². The molecule has 1 aromatic rings. The molecular formula is C6H10N4O3. The van der Waals surface area contributed by atoms with Crippen molar-refractivity contribution in [2.24, 2.45) is 5.73 Å². The molecule has 0 atom stereocenters. The zero-order valence-electron chi connectivity index (χ0n) is 6.90. The Labute approximate surface area is 74.0 Å². The number of aromatic nitrogens is 2. The Bertz CT molecular complexity index is 285. The second-order valence-corrected chi connectivity index (χ2v) is 2.33. The van der Waals surface area contributed by atoms with Crippen LogP contribution in [0.25, 0.3) is 0 Å². The van der Waals surface area contributed by atoms with Gasteiger partial charge in [-0.3, -0.25) is 0 Å². The first-order valence-corrected chi connectivity index (χ1v) is 3.76. The fourth-order valence-corrected chi connectivity index (χ4v) is 0.770. The lowest BCUT2D eigenvalue weighted by atomic mass is 10.4. The van der Waals surface area contributed by atoms with Crippen molar-refractivity contribution in [3.8, 4) is 5.75 Å². The van der Waals surface area contributed by atoms with Gasteiger partial charge in [-0.1, -0.05) is 5.10 Å². The van der Waals surface area contributed by atoms with E-state index in [2.05, 4.69) is 10.2 Å². The van der Waals surface area contributed by atoms with Crippen LogP contribution in [0.1, 0.15) is 6.42 Å². The standard InChI is InChI=1S/C6H10N4O3/c7-2-1-3-13-5-4-8-9-6(5)10(11)12/h4H,1-3,7H2,(H,8,9). The highest BCUT2D eigenvalue weighted by Gasteiger charge is 2.15. The van der Waals surface area contributed by atoms with Crippen molar-refractivity contribution in [1.82, 2.24) is 10.2 Å².